The minimum atomic E-state index is -4.54. The Morgan fingerprint density at radius 3 is 2.69 bits per heavy atom. The first-order valence-corrected chi connectivity index (χ1v) is 12.9. The number of benzene rings is 2. The normalized spacial score (nSPS) is 12.8. The van der Waals surface area contributed by atoms with Crippen molar-refractivity contribution in [3.05, 3.63) is 87.5 Å². The summed E-state index contributed by atoms with van der Waals surface area (Å²) in [7, 11) is 0. The Morgan fingerprint density at radius 1 is 1.11 bits per heavy atom. The maximum absolute atomic E-state index is 13.8. The molecule has 3 aromatic heterocycles. The number of anilines is 1. The molecule has 2 aromatic carbocycles. The summed E-state index contributed by atoms with van der Waals surface area (Å²) in [5.74, 6) is 0.480. The Kier molecular flexibility index (Phi) is 6.21. The number of alkyl halides is 4. The summed E-state index contributed by atoms with van der Waals surface area (Å²) in [5.41, 5.74) is 2.51. The Hall–Kier alpha value is -3.06. The molecular formula is C24H17F3IN5OS. The third-order valence-electron chi connectivity index (χ3n) is 5.67. The molecule has 0 spiro atoms. The van der Waals surface area contributed by atoms with Crippen LogP contribution in [0.3, 0.4) is 0 Å². The van der Waals surface area contributed by atoms with Crippen molar-refractivity contribution in [3.63, 3.8) is 0 Å². The highest BCUT2D eigenvalue weighted by molar-refractivity contribution is 14.1. The van der Waals surface area contributed by atoms with Gasteiger partial charge in [0.15, 0.2) is 5.82 Å². The number of thiazole rings is 1. The summed E-state index contributed by atoms with van der Waals surface area (Å²) in [4.78, 5) is 27.3. The van der Waals surface area contributed by atoms with Gasteiger partial charge in [0.2, 0.25) is 0 Å². The molecule has 0 radical (unpaired) electrons. The number of fused-ring (bicyclic) bond motifs is 2. The largest absolute Gasteiger partial charge is 0.416 e. The molecule has 0 unspecified atom stereocenters. The second-order valence-corrected chi connectivity index (χ2v) is 9.46. The summed E-state index contributed by atoms with van der Waals surface area (Å²) in [5, 5.41) is 4.48. The van der Waals surface area contributed by atoms with Crippen molar-refractivity contribution < 1.29 is 13.2 Å². The first-order valence-electron chi connectivity index (χ1n) is 10.5. The molecule has 0 saturated heterocycles. The number of aromatic nitrogens is 4. The lowest BCUT2D eigenvalue weighted by atomic mass is 10.0. The molecule has 0 bridgehead atoms. The first kappa shape index (κ1) is 23.7. The fourth-order valence-corrected chi connectivity index (χ4v) is 5.31. The second-order valence-electron chi connectivity index (χ2n) is 7.87. The van der Waals surface area contributed by atoms with Gasteiger partial charge in [-0.1, -0.05) is 46.9 Å². The van der Waals surface area contributed by atoms with Gasteiger partial charge >= 0.3 is 6.18 Å². The van der Waals surface area contributed by atoms with Gasteiger partial charge in [-0.25, -0.2) is 15.0 Å². The number of hydrogen-bond donors (Lipinski definition) is 1. The molecule has 178 valence electrons. The minimum absolute atomic E-state index is 0.139. The quantitative estimate of drug-likeness (QED) is 0.182. The van der Waals surface area contributed by atoms with E-state index in [1.165, 1.54) is 34.4 Å². The molecule has 6 nitrogen and oxygen atoms in total. The van der Waals surface area contributed by atoms with Crippen molar-refractivity contribution in [2.24, 2.45) is 0 Å². The summed E-state index contributed by atoms with van der Waals surface area (Å²) >= 11 is 3.55. The van der Waals surface area contributed by atoms with Crippen LogP contribution in [0.2, 0.25) is 0 Å². The van der Waals surface area contributed by atoms with Crippen molar-refractivity contribution in [3.8, 4) is 5.69 Å². The molecule has 0 saturated carbocycles. The van der Waals surface area contributed by atoms with Gasteiger partial charge in [-0.15, -0.1) is 11.3 Å². The standard InChI is InChI=1S/C24H17F3IN5OS/c1-13(32-21-20-22(30-11-29-21)35-12-31-20)18-8-14-4-2-5-15(10-28)19(14)23(34)33(18)17-7-3-6-16(9-17)24(25,26)27/h2-9,11-13H,10H2,1H3,(H,29,30,32)/t13-/m0/s1. The van der Waals surface area contributed by atoms with Gasteiger partial charge in [0.1, 0.15) is 16.7 Å². The monoisotopic (exact) mass is 607 g/mol. The average Bonchev–Trinajstić information content (AvgIpc) is 3.33. The van der Waals surface area contributed by atoms with E-state index in [0.29, 0.717) is 31.7 Å². The van der Waals surface area contributed by atoms with E-state index in [1.807, 2.05) is 31.2 Å². The lowest BCUT2D eigenvalue weighted by molar-refractivity contribution is -0.137. The smallest absolute Gasteiger partial charge is 0.360 e. The van der Waals surface area contributed by atoms with Crippen LogP contribution >= 0.6 is 33.9 Å². The van der Waals surface area contributed by atoms with E-state index in [1.54, 1.807) is 5.51 Å². The predicted molar refractivity (Wildman–Crippen MR) is 140 cm³/mol. The molecule has 0 aliphatic carbocycles. The number of hydrogen-bond acceptors (Lipinski definition) is 6. The average molecular weight is 607 g/mol. The molecule has 3 heterocycles. The summed E-state index contributed by atoms with van der Waals surface area (Å²) in [6.07, 6.45) is -3.12. The Labute approximate surface area is 215 Å². The Balaban J connectivity index is 1.74. The first-order chi connectivity index (χ1) is 16.8. The van der Waals surface area contributed by atoms with Crippen LogP contribution in [0.4, 0.5) is 19.0 Å². The number of nitrogens with zero attached hydrogens (tertiary/aromatic N) is 4. The molecule has 0 aliphatic heterocycles. The van der Waals surface area contributed by atoms with Crippen molar-refractivity contribution in [2.75, 3.05) is 5.32 Å². The maximum atomic E-state index is 13.8. The summed E-state index contributed by atoms with van der Waals surface area (Å²) in [6, 6.07) is 11.7. The van der Waals surface area contributed by atoms with E-state index in [4.69, 9.17) is 0 Å². The number of rotatable bonds is 5. The van der Waals surface area contributed by atoms with Gasteiger partial charge in [-0.3, -0.25) is 9.36 Å². The van der Waals surface area contributed by atoms with Crippen LogP contribution in [0.15, 0.2) is 65.2 Å². The molecule has 0 aliphatic rings. The van der Waals surface area contributed by atoms with E-state index >= 15 is 0 Å². The van der Waals surface area contributed by atoms with E-state index in [9.17, 15) is 18.0 Å². The molecule has 1 atom stereocenters. The van der Waals surface area contributed by atoms with Gasteiger partial charge in [-0.2, -0.15) is 13.2 Å². The van der Waals surface area contributed by atoms with Crippen molar-refractivity contribution in [1.82, 2.24) is 19.5 Å². The zero-order valence-corrected chi connectivity index (χ0v) is 21.1. The third kappa shape index (κ3) is 4.38. The van der Waals surface area contributed by atoms with E-state index < -0.39 is 17.8 Å². The Morgan fingerprint density at radius 2 is 1.91 bits per heavy atom. The molecule has 5 rings (SSSR count). The number of halogens is 4. The SMILES string of the molecule is C[C@H](Nc1ncnc2scnc12)c1cc2cccc(CI)c2c(=O)n1-c1cccc(C(F)(F)F)c1. The molecular weight excluding hydrogens is 590 g/mol. The van der Waals surface area contributed by atoms with Crippen LogP contribution in [0.5, 0.6) is 0 Å². The van der Waals surface area contributed by atoms with Crippen LogP contribution < -0.4 is 10.9 Å². The zero-order valence-electron chi connectivity index (χ0n) is 18.2. The van der Waals surface area contributed by atoms with Crippen molar-refractivity contribution in [1.29, 1.82) is 0 Å². The molecule has 0 fully saturated rings. The van der Waals surface area contributed by atoms with E-state index in [-0.39, 0.29) is 11.2 Å². The van der Waals surface area contributed by atoms with E-state index in [0.717, 1.165) is 23.1 Å². The van der Waals surface area contributed by atoms with Crippen LogP contribution in [0.1, 0.15) is 29.8 Å². The molecule has 1 N–H and O–H groups in total. The molecule has 5 aromatic rings. The maximum Gasteiger partial charge on any atom is 0.416 e. The molecule has 11 heteroatoms. The van der Waals surface area contributed by atoms with Crippen LogP contribution in [0.25, 0.3) is 26.8 Å². The Bertz CT molecular complexity index is 1610. The summed E-state index contributed by atoms with van der Waals surface area (Å²) in [6.45, 7) is 1.83. The summed E-state index contributed by atoms with van der Waals surface area (Å²) < 4.78 is 42.4. The topological polar surface area (TPSA) is 72.7 Å². The van der Waals surface area contributed by atoms with Crippen molar-refractivity contribution >= 4 is 60.9 Å². The predicted octanol–water partition coefficient (Wildman–Crippen LogP) is 6.52. The lowest BCUT2D eigenvalue weighted by Gasteiger charge is -2.22. The number of nitrogens with one attached hydrogen (secondary N) is 1. The lowest BCUT2D eigenvalue weighted by Crippen LogP contribution is -2.26. The third-order valence-corrected chi connectivity index (χ3v) is 7.22. The molecule has 35 heavy (non-hydrogen) atoms. The van der Waals surface area contributed by atoms with Gasteiger partial charge in [-0.05, 0) is 42.1 Å². The number of pyridine rings is 1. The van der Waals surface area contributed by atoms with Crippen LogP contribution in [-0.4, -0.2) is 19.5 Å². The van der Waals surface area contributed by atoms with Gasteiger partial charge in [0, 0.05) is 15.8 Å². The highest BCUT2D eigenvalue weighted by Gasteiger charge is 2.31. The highest BCUT2D eigenvalue weighted by atomic mass is 127. The fourth-order valence-electron chi connectivity index (χ4n) is 4.05. The zero-order chi connectivity index (χ0) is 24.7. The highest BCUT2D eigenvalue weighted by Crippen LogP contribution is 2.32. The van der Waals surface area contributed by atoms with E-state index in [2.05, 4.69) is 42.9 Å². The van der Waals surface area contributed by atoms with Gasteiger partial charge in [0.25, 0.3) is 5.56 Å². The van der Waals surface area contributed by atoms with Crippen molar-refractivity contribution in [2.45, 2.75) is 23.6 Å². The molecule has 0 amide bonds. The second kappa shape index (κ2) is 9.19. The van der Waals surface area contributed by atoms with Gasteiger partial charge < -0.3 is 5.32 Å². The van der Waals surface area contributed by atoms with Crippen LogP contribution in [-0.2, 0) is 10.6 Å². The fraction of sp³-hybridized carbons (Fsp3) is 0.167. The van der Waals surface area contributed by atoms with Gasteiger partial charge in [0.05, 0.1) is 22.5 Å². The van der Waals surface area contributed by atoms with Crippen LogP contribution in [0, 0.1) is 0 Å². The minimum Gasteiger partial charge on any atom is -0.360 e.